The van der Waals surface area contributed by atoms with Crippen molar-refractivity contribution in [2.75, 3.05) is 20.8 Å². The maximum Gasteiger partial charge on any atom is 0.295 e. The van der Waals surface area contributed by atoms with Crippen molar-refractivity contribution >= 4 is 17.4 Å². The molecule has 1 amide bonds. The molecular formula is C29H31NO6. The summed E-state index contributed by atoms with van der Waals surface area (Å²) in [4.78, 5) is 27.9. The van der Waals surface area contributed by atoms with E-state index in [1.54, 1.807) is 44.6 Å². The van der Waals surface area contributed by atoms with Gasteiger partial charge in [-0.15, -0.1) is 0 Å². The number of hydrogen-bond donors (Lipinski definition) is 1. The molecule has 0 saturated carbocycles. The summed E-state index contributed by atoms with van der Waals surface area (Å²) in [5, 5.41) is 11.4. The summed E-state index contributed by atoms with van der Waals surface area (Å²) in [7, 11) is 3.19. The van der Waals surface area contributed by atoms with Crippen molar-refractivity contribution < 1.29 is 28.6 Å². The third-order valence-electron chi connectivity index (χ3n) is 6.43. The van der Waals surface area contributed by atoms with Gasteiger partial charge in [-0.25, -0.2) is 0 Å². The third kappa shape index (κ3) is 4.73. The fourth-order valence-corrected chi connectivity index (χ4v) is 4.49. The number of aliphatic hydroxyl groups excluding tert-OH is 1. The lowest BCUT2D eigenvalue weighted by atomic mass is 9.84. The third-order valence-corrected chi connectivity index (χ3v) is 6.43. The summed E-state index contributed by atoms with van der Waals surface area (Å²) in [5.74, 6) is 0.183. The number of rotatable bonds is 7. The largest absolute Gasteiger partial charge is 0.507 e. The van der Waals surface area contributed by atoms with Crippen LogP contribution in [0.4, 0.5) is 0 Å². The number of carbonyl (C=O) groups is 2. The number of hydrogen-bond acceptors (Lipinski definition) is 6. The molecule has 1 N–H and O–H groups in total. The van der Waals surface area contributed by atoms with Gasteiger partial charge in [0, 0.05) is 17.7 Å². The Kier molecular flexibility index (Phi) is 6.93. The Morgan fingerprint density at radius 1 is 1.03 bits per heavy atom. The molecule has 0 bridgehead atoms. The number of amides is 1. The lowest BCUT2D eigenvalue weighted by molar-refractivity contribution is -0.140. The summed E-state index contributed by atoms with van der Waals surface area (Å²) >= 11 is 0. The van der Waals surface area contributed by atoms with Gasteiger partial charge in [0.15, 0.2) is 0 Å². The zero-order chi connectivity index (χ0) is 26.0. The van der Waals surface area contributed by atoms with Gasteiger partial charge in [-0.1, -0.05) is 32.9 Å². The summed E-state index contributed by atoms with van der Waals surface area (Å²) in [6, 6.07) is 15.4. The van der Waals surface area contributed by atoms with Gasteiger partial charge >= 0.3 is 0 Å². The van der Waals surface area contributed by atoms with Gasteiger partial charge in [0.1, 0.15) is 29.1 Å². The molecule has 4 rings (SSSR count). The van der Waals surface area contributed by atoms with Crippen LogP contribution in [0.5, 0.6) is 11.5 Å². The number of nitrogens with zero attached hydrogens (tertiary/aromatic N) is 1. The molecule has 7 heteroatoms. The Hall–Kier alpha value is -4.00. The van der Waals surface area contributed by atoms with Crippen molar-refractivity contribution in [1.82, 2.24) is 4.90 Å². The summed E-state index contributed by atoms with van der Waals surface area (Å²) in [5.41, 5.74) is 2.03. The molecule has 2 aromatic carbocycles. The van der Waals surface area contributed by atoms with Gasteiger partial charge in [-0.2, -0.15) is 0 Å². The van der Waals surface area contributed by atoms with E-state index in [0.29, 0.717) is 23.5 Å². The van der Waals surface area contributed by atoms with E-state index in [1.165, 1.54) is 11.2 Å². The lowest BCUT2D eigenvalue weighted by Gasteiger charge is -2.24. The number of aliphatic hydroxyl groups is 1. The van der Waals surface area contributed by atoms with Gasteiger partial charge < -0.3 is 23.9 Å². The highest BCUT2D eigenvalue weighted by atomic mass is 16.5. The molecule has 0 aliphatic carbocycles. The summed E-state index contributed by atoms with van der Waals surface area (Å²) < 4.78 is 16.3. The first-order valence-corrected chi connectivity index (χ1v) is 11.8. The van der Waals surface area contributed by atoms with E-state index in [4.69, 9.17) is 13.9 Å². The summed E-state index contributed by atoms with van der Waals surface area (Å²) in [6.07, 6.45) is 2.01. The minimum Gasteiger partial charge on any atom is -0.507 e. The van der Waals surface area contributed by atoms with E-state index >= 15 is 0 Å². The van der Waals surface area contributed by atoms with E-state index in [9.17, 15) is 14.7 Å². The highest BCUT2D eigenvalue weighted by Gasteiger charge is 2.47. The average molecular weight is 490 g/mol. The first-order chi connectivity index (χ1) is 17.2. The number of ketones is 1. The quantitative estimate of drug-likeness (QED) is 0.277. The molecule has 1 atom stereocenters. The topological polar surface area (TPSA) is 89.2 Å². The van der Waals surface area contributed by atoms with Crippen LogP contribution in [0, 0.1) is 0 Å². The first kappa shape index (κ1) is 25.1. The number of furan rings is 1. The average Bonchev–Trinajstić information content (AvgIpc) is 3.48. The number of carbonyl (C=O) groups excluding carboxylic acids is 2. The van der Waals surface area contributed by atoms with Crippen LogP contribution in [0.1, 0.15) is 49.3 Å². The minimum atomic E-state index is -0.835. The predicted molar refractivity (Wildman–Crippen MR) is 136 cm³/mol. The molecule has 0 spiro atoms. The number of likely N-dealkylation sites (tertiary alicyclic amines) is 1. The van der Waals surface area contributed by atoms with Crippen molar-refractivity contribution in [1.29, 1.82) is 0 Å². The molecule has 1 unspecified atom stereocenters. The molecule has 36 heavy (non-hydrogen) atoms. The number of Topliss-reactive ketones (excluding diaryl/α,β-unsaturated/α-hetero) is 1. The molecule has 0 radical (unpaired) electrons. The zero-order valence-electron chi connectivity index (χ0n) is 21.2. The van der Waals surface area contributed by atoms with Gasteiger partial charge in [0.25, 0.3) is 11.7 Å². The highest BCUT2D eigenvalue weighted by Crippen LogP contribution is 2.41. The maximum atomic E-state index is 13.2. The Bertz CT molecular complexity index is 1280. The van der Waals surface area contributed by atoms with Crippen molar-refractivity contribution in [2.24, 2.45) is 0 Å². The van der Waals surface area contributed by atoms with Gasteiger partial charge in [-0.3, -0.25) is 9.59 Å². The van der Waals surface area contributed by atoms with E-state index in [2.05, 4.69) is 0 Å². The van der Waals surface area contributed by atoms with Gasteiger partial charge in [-0.05, 0) is 59.9 Å². The normalized spacial score (nSPS) is 17.5. The Labute approximate surface area is 210 Å². The van der Waals surface area contributed by atoms with Crippen LogP contribution >= 0.6 is 0 Å². The lowest BCUT2D eigenvalue weighted by Crippen LogP contribution is -2.31. The first-order valence-electron chi connectivity index (χ1n) is 11.8. The van der Waals surface area contributed by atoms with E-state index in [0.717, 1.165) is 16.9 Å². The van der Waals surface area contributed by atoms with Crippen molar-refractivity contribution in [3.05, 3.63) is 88.9 Å². The fourth-order valence-electron chi connectivity index (χ4n) is 4.49. The van der Waals surface area contributed by atoms with Crippen molar-refractivity contribution in [3.8, 4) is 11.5 Å². The van der Waals surface area contributed by atoms with Crippen LogP contribution in [0.2, 0.25) is 0 Å². The molecule has 1 fully saturated rings. The molecule has 1 aromatic heterocycles. The van der Waals surface area contributed by atoms with Crippen LogP contribution in [-0.4, -0.2) is 42.5 Å². The molecule has 7 nitrogen and oxygen atoms in total. The van der Waals surface area contributed by atoms with Crippen molar-refractivity contribution in [3.63, 3.8) is 0 Å². The standard InChI is InChI=1S/C29H31NO6/c1-29(2,3)21-17-19(10-13-22(21)35-5)26(31)24-25(23-7-6-16-36-23)30(28(33)27(24)32)15-14-18-8-11-20(34-4)12-9-18/h6-13,16-17,25,31H,14-15H2,1-5H3/b26-24-. The molecule has 1 aliphatic rings. The molecule has 1 saturated heterocycles. The summed E-state index contributed by atoms with van der Waals surface area (Å²) in [6.45, 7) is 6.38. The molecule has 188 valence electrons. The molecule has 2 heterocycles. The number of methoxy groups -OCH3 is 2. The minimum absolute atomic E-state index is 0.00899. The van der Waals surface area contributed by atoms with Crippen LogP contribution in [-0.2, 0) is 21.4 Å². The van der Waals surface area contributed by atoms with Gasteiger partial charge in [0.05, 0.1) is 26.1 Å². The Morgan fingerprint density at radius 2 is 1.75 bits per heavy atom. The number of benzene rings is 2. The predicted octanol–water partition coefficient (Wildman–Crippen LogP) is 5.26. The molecule has 3 aromatic rings. The van der Waals surface area contributed by atoms with Crippen molar-refractivity contribution in [2.45, 2.75) is 38.6 Å². The smallest absolute Gasteiger partial charge is 0.295 e. The maximum absolute atomic E-state index is 13.2. The van der Waals surface area contributed by atoms with Crippen LogP contribution in [0.15, 0.2) is 70.9 Å². The fraction of sp³-hybridized carbons (Fsp3) is 0.310. The highest BCUT2D eigenvalue weighted by molar-refractivity contribution is 6.46. The molecular weight excluding hydrogens is 458 g/mol. The van der Waals surface area contributed by atoms with Crippen LogP contribution in [0.3, 0.4) is 0 Å². The second kappa shape index (κ2) is 9.93. The second-order valence-corrected chi connectivity index (χ2v) is 9.77. The van der Waals surface area contributed by atoms with Crippen LogP contribution in [0.25, 0.3) is 5.76 Å². The Morgan fingerprint density at radius 3 is 2.33 bits per heavy atom. The molecule has 1 aliphatic heterocycles. The van der Waals surface area contributed by atoms with E-state index < -0.39 is 17.7 Å². The Balaban J connectivity index is 1.75. The zero-order valence-corrected chi connectivity index (χ0v) is 21.2. The van der Waals surface area contributed by atoms with Crippen LogP contribution < -0.4 is 9.47 Å². The monoisotopic (exact) mass is 489 g/mol. The second-order valence-electron chi connectivity index (χ2n) is 9.77. The SMILES string of the molecule is COc1ccc(CCN2C(=O)C(=O)/C(=C(\O)c3ccc(OC)c(C(C)(C)C)c3)C2c2ccco2)cc1. The van der Waals surface area contributed by atoms with E-state index in [-0.39, 0.29) is 23.3 Å². The van der Waals surface area contributed by atoms with E-state index in [1.807, 2.05) is 45.0 Å². The number of ether oxygens (including phenoxy) is 2. The van der Waals surface area contributed by atoms with Gasteiger partial charge in [0.2, 0.25) is 0 Å².